The van der Waals surface area contributed by atoms with Crippen LogP contribution in [0.5, 0.6) is 0 Å². The minimum atomic E-state index is -1.59. The van der Waals surface area contributed by atoms with Gasteiger partial charge in [0.2, 0.25) is 0 Å². The summed E-state index contributed by atoms with van der Waals surface area (Å²) in [6.07, 6.45) is -2.27. The molecule has 0 aliphatic rings. The smallest absolute Gasteiger partial charge is 0.189 e. The monoisotopic (exact) mass is 198 g/mol. The predicted octanol–water partition coefficient (Wildman–Crippen LogP) is -0.00140. The Morgan fingerprint density at radius 1 is 1.43 bits per heavy atom. The van der Waals surface area contributed by atoms with Gasteiger partial charge in [0, 0.05) is 6.42 Å². The maximum Gasteiger partial charge on any atom is 0.189 e. The van der Waals surface area contributed by atoms with Gasteiger partial charge in [0.25, 0.3) is 0 Å². The Morgan fingerprint density at radius 2 is 1.93 bits per heavy atom. The second-order valence-corrected chi connectivity index (χ2v) is 3.03. The summed E-state index contributed by atoms with van der Waals surface area (Å²) < 4.78 is 0. The quantitative estimate of drug-likeness (QED) is 0.589. The predicted molar refractivity (Wildman–Crippen MR) is 51.7 cm³/mol. The van der Waals surface area contributed by atoms with Gasteiger partial charge in [-0.1, -0.05) is 13.2 Å². The van der Waals surface area contributed by atoms with E-state index in [0.717, 1.165) is 6.08 Å². The molecule has 0 amide bonds. The molecule has 0 saturated heterocycles. The number of carbonyl (C=O) groups is 2. The van der Waals surface area contributed by atoms with E-state index in [0.29, 0.717) is 0 Å². The Bertz CT molecular complexity index is 267. The standard InChI is InChI=1S/C10H14O4/c1-4-7(11)5-8(12)10(14)9(13)6(2)3/h4,8,10,12,14H,1-2,5H2,3H3. The highest BCUT2D eigenvalue weighted by Gasteiger charge is 2.25. The van der Waals surface area contributed by atoms with Crippen LogP contribution in [0.15, 0.2) is 24.8 Å². The fraction of sp³-hybridized carbons (Fsp3) is 0.400. The maximum absolute atomic E-state index is 11.1. The van der Waals surface area contributed by atoms with Gasteiger partial charge in [0.15, 0.2) is 11.6 Å². The van der Waals surface area contributed by atoms with Gasteiger partial charge >= 0.3 is 0 Å². The van der Waals surface area contributed by atoms with Crippen molar-refractivity contribution >= 4 is 11.6 Å². The van der Waals surface area contributed by atoms with Crippen LogP contribution in [-0.4, -0.2) is 34.0 Å². The van der Waals surface area contributed by atoms with Crippen LogP contribution in [0.25, 0.3) is 0 Å². The second-order valence-electron chi connectivity index (χ2n) is 3.03. The highest BCUT2D eigenvalue weighted by molar-refractivity contribution is 5.98. The van der Waals surface area contributed by atoms with Crippen LogP contribution in [-0.2, 0) is 9.59 Å². The van der Waals surface area contributed by atoms with Crippen LogP contribution in [0.4, 0.5) is 0 Å². The molecule has 4 nitrogen and oxygen atoms in total. The van der Waals surface area contributed by atoms with Crippen molar-refractivity contribution in [2.75, 3.05) is 0 Å². The van der Waals surface area contributed by atoms with Crippen molar-refractivity contribution in [2.24, 2.45) is 0 Å². The summed E-state index contributed by atoms with van der Waals surface area (Å²) in [5.74, 6) is -1.08. The summed E-state index contributed by atoms with van der Waals surface area (Å²) in [6.45, 7) is 7.96. The van der Waals surface area contributed by atoms with Crippen LogP contribution in [0.3, 0.4) is 0 Å². The number of carbonyl (C=O) groups excluding carboxylic acids is 2. The van der Waals surface area contributed by atoms with E-state index in [-0.39, 0.29) is 12.0 Å². The molecule has 0 radical (unpaired) electrons. The first kappa shape index (κ1) is 12.7. The third kappa shape index (κ3) is 3.64. The largest absolute Gasteiger partial charge is 0.389 e. The molecular formula is C10H14O4. The molecule has 0 aromatic carbocycles. The lowest BCUT2D eigenvalue weighted by molar-refractivity contribution is -0.130. The normalized spacial score (nSPS) is 14.2. The van der Waals surface area contributed by atoms with Crippen LogP contribution >= 0.6 is 0 Å². The van der Waals surface area contributed by atoms with E-state index in [2.05, 4.69) is 13.2 Å². The van der Waals surface area contributed by atoms with Crippen LogP contribution in [0.1, 0.15) is 13.3 Å². The van der Waals surface area contributed by atoms with E-state index in [9.17, 15) is 19.8 Å². The lowest BCUT2D eigenvalue weighted by Gasteiger charge is -2.15. The molecule has 0 heterocycles. The van der Waals surface area contributed by atoms with E-state index in [4.69, 9.17) is 0 Å². The number of aliphatic hydroxyl groups is 2. The van der Waals surface area contributed by atoms with E-state index < -0.39 is 23.8 Å². The number of ketones is 2. The highest BCUT2D eigenvalue weighted by Crippen LogP contribution is 2.06. The summed E-state index contributed by atoms with van der Waals surface area (Å²) in [5, 5.41) is 18.5. The van der Waals surface area contributed by atoms with Gasteiger partial charge in [-0.15, -0.1) is 0 Å². The molecule has 0 bridgehead atoms. The minimum Gasteiger partial charge on any atom is -0.389 e. The van der Waals surface area contributed by atoms with Crippen LogP contribution in [0, 0.1) is 0 Å². The maximum atomic E-state index is 11.1. The van der Waals surface area contributed by atoms with Crippen LogP contribution in [0.2, 0.25) is 0 Å². The lowest BCUT2D eigenvalue weighted by Crippen LogP contribution is -2.35. The number of rotatable bonds is 6. The molecule has 0 rings (SSSR count). The molecule has 0 spiro atoms. The first-order valence-electron chi connectivity index (χ1n) is 4.11. The number of allylic oxidation sites excluding steroid dienone is 1. The zero-order chi connectivity index (χ0) is 11.3. The number of hydrogen-bond acceptors (Lipinski definition) is 4. The molecule has 0 aliphatic carbocycles. The van der Waals surface area contributed by atoms with E-state index in [1.54, 1.807) is 0 Å². The Morgan fingerprint density at radius 3 is 2.29 bits per heavy atom. The Kier molecular flexibility index (Phi) is 4.97. The van der Waals surface area contributed by atoms with E-state index in [1.807, 2.05) is 0 Å². The molecule has 4 heteroatoms. The van der Waals surface area contributed by atoms with E-state index >= 15 is 0 Å². The van der Waals surface area contributed by atoms with Gasteiger partial charge in [-0.25, -0.2) is 0 Å². The van der Waals surface area contributed by atoms with Crippen molar-refractivity contribution < 1.29 is 19.8 Å². The lowest BCUT2D eigenvalue weighted by atomic mass is 10.0. The molecule has 14 heavy (non-hydrogen) atoms. The van der Waals surface area contributed by atoms with Crippen molar-refractivity contribution in [1.82, 2.24) is 0 Å². The van der Waals surface area contributed by atoms with Crippen molar-refractivity contribution in [1.29, 1.82) is 0 Å². The van der Waals surface area contributed by atoms with Crippen molar-refractivity contribution in [3.05, 3.63) is 24.8 Å². The van der Waals surface area contributed by atoms with Crippen LogP contribution < -0.4 is 0 Å². The first-order chi connectivity index (χ1) is 6.40. The summed E-state index contributed by atoms with van der Waals surface area (Å²) in [6, 6.07) is 0. The average Bonchev–Trinajstić information content (AvgIpc) is 2.14. The Hall–Kier alpha value is -1.26. The summed E-state index contributed by atoms with van der Waals surface area (Å²) >= 11 is 0. The zero-order valence-corrected chi connectivity index (χ0v) is 8.06. The zero-order valence-electron chi connectivity index (χ0n) is 8.06. The SMILES string of the molecule is C=CC(=O)CC(O)C(O)C(=O)C(=C)C. The summed E-state index contributed by atoms with van der Waals surface area (Å²) in [4.78, 5) is 21.9. The fourth-order valence-electron chi connectivity index (χ4n) is 0.828. The van der Waals surface area contributed by atoms with Crippen molar-refractivity contribution in [2.45, 2.75) is 25.6 Å². The molecule has 2 N–H and O–H groups in total. The van der Waals surface area contributed by atoms with Gasteiger partial charge in [-0.3, -0.25) is 9.59 Å². The summed E-state index contributed by atoms with van der Waals surface area (Å²) in [5.41, 5.74) is 0.141. The molecule has 78 valence electrons. The molecular weight excluding hydrogens is 184 g/mol. The second kappa shape index (κ2) is 5.47. The van der Waals surface area contributed by atoms with Gasteiger partial charge in [0.1, 0.15) is 6.10 Å². The fourth-order valence-corrected chi connectivity index (χ4v) is 0.828. The molecule has 0 saturated carbocycles. The van der Waals surface area contributed by atoms with Gasteiger partial charge in [0.05, 0.1) is 6.10 Å². The van der Waals surface area contributed by atoms with Crippen molar-refractivity contribution in [3.63, 3.8) is 0 Å². The number of Topliss-reactive ketones (excluding diaryl/α,β-unsaturated/α-hetero) is 1. The molecule has 0 aromatic rings. The molecule has 2 atom stereocenters. The first-order valence-corrected chi connectivity index (χ1v) is 4.11. The third-order valence-electron chi connectivity index (χ3n) is 1.69. The minimum absolute atomic E-state index is 0.141. The van der Waals surface area contributed by atoms with Gasteiger partial charge in [-0.2, -0.15) is 0 Å². The molecule has 0 aliphatic heterocycles. The summed E-state index contributed by atoms with van der Waals surface area (Å²) in [7, 11) is 0. The third-order valence-corrected chi connectivity index (χ3v) is 1.69. The number of aliphatic hydroxyl groups excluding tert-OH is 2. The highest BCUT2D eigenvalue weighted by atomic mass is 16.3. The van der Waals surface area contributed by atoms with Crippen molar-refractivity contribution in [3.8, 4) is 0 Å². The Labute approximate surface area is 82.6 Å². The topological polar surface area (TPSA) is 74.6 Å². The number of hydrogen-bond donors (Lipinski definition) is 2. The van der Waals surface area contributed by atoms with Gasteiger partial charge < -0.3 is 10.2 Å². The molecule has 0 fully saturated rings. The van der Waals surface area contributed by atoms with Gasteiger partial charge in [-0.05, 0) is 18.6 Å². The average molecular weight is 198 g/mol. The molecule has 0 aromatic heterocycles. The van der Waals surface area contributed by atoms with E-state index in [1.165, 1.54) is 6.92 Å². The Balaban J connectivity index is 4.31. The molecule has 2 unspecified atom stereocenters.